The number of carbonyl (C=O) groups is 4. The molecule has 0 atom stereocenters. The molecule has 34 heavy (non-hydrogen) atoms. The normalized spacial score (nSPS) is 10.6. The van der Waals surface area contributed by atoms with Crippen LogP contribution in [0.4, 0.5) is 0 Å². The molecule has 2 aromatic heterocycles. The van der Waals surface area contributed by atoms with Crippen LogP contribution in [0.25, 0.3) is 0 Å². The highest BCUT2D eigenvalue weighted by Gasteiger charge is 2.23. The number of carboxylic acid groups (broad SMARTS) is 1. The number of ether oxygens (including phenoxy) is 3. The average Bonchev–Trinajstić information content (AvgIpc) is 3.38. The van der Waals surface area contributed by atoms with Gasteiger partial charge in [0.25, 0.3) is 0 Å². The SMILES string of the molecule is CC(C)(C)OC(=O)c1[c]ccs1.CC(C)(C)OC(=O)c1sccc1OC(=O)CN.NCC(=O)O. The summed E-state index contributed by atoms with van der Waals surface area (Å²) in [7, 11) is 0. The average molecular weight is 516 g/mol. The summed E-state index contributed by atoms with van der Waals surface area (Å²) in [6.07, 6.45) is 0. The predicted molar refractivity (Wildman–Crippen MR) is 129 cm³/mol. The van der Waals surface area contributed by atoms with Gasteiger partial charge in [0.05, 0.1) is 13.1 Å². The van der Waals surface area contributed by atoms with E-state index in [1.165, 1.54) is 17.4 Å². The van der Waals surface area contributed by atoms with Crippen LogP contribution < -0.4 is 16.2 Å². The van der Waals surface area contributed by atoms with Gasteiger partial charge in [-0.05, 0) is 64.4 Å². The first-order valence-electron chi connectivity index (χ1n) is 9.91. The van der Waals surface area contributed by atoms with E-state index in [2.05, 4.69) is 11.8 Å². The van der Waals surface area contributed by atoms with E-state index in [0.29, 0.717) is 4.88 Å². The standard InChI is InChI=1S/C11H15NO4S.C9H11O2S.C2H5NO2/c1-11(2,3)16-10(14)9-7(4-5-17-9)15-8(13)6-12;1-9(2,3)11-8(10)7-5-4-6-12-7;3-1-2(4)5/h4-5H,6,12H2,1-3H3;4,6H,1-3H3;1,3H2,(H,4,5). The molecule has 0 saturated heterocycles. The van der Waals surface area contributed by atoms with E-state index in [1.807, 2.05) is 20.8 Å². The zero-order valence-electron chi connectivity index (χ0n) is 20.0. The number of thiophene rings is 2. The van der Waals surface area contributed by atoms with Gasteiger partial charge in [-0.2, -0.15) is 0 Å². The lowest BCUT2D eigenvalue weighted by molar-refractivity contribution is -0.135. The summed E-state index contributed by atoms with van der Waals surface area (Å²) in [5.41, 5.74) is 8.69. The molecule has 0 aliphatic heterocycles. The first-order chi connectivity index (χ1) is 15.6. The molecular weight excluding hydrogens is 484 g/mol. The molecule has 0 saturated carbocycles. The number of rotatable bonds is 5. The van der Waals surface area contributed by atoms with E-state index in [-0.39, 0.29) is 29.7 Å². The van der Waals surface area contributed by atoms with Crippen LogP contribution in [0.15, 0.2) is 22.9 Å². The second kappa shape index (κ2) is 14.5. The van der Waals surface area contributed by atoms with E-state index in [1.54, 1.807) is 37.6 Å². The van der Waals surface area contributed by atoms with Gasteiger partial charge in [0, 0.05) is 6.07 Å². The number of hydrogen-bond acceptors (Lipinski definition) is 11. The summed E-state index contributed by atoms with van der Waals surface area (Å²) in [6.45, 7) is 10.3. The molecule has 189 valence electrons. The zero-order chi connectivity index (χ0) is 26.5. The van der Waals surface area contributed by atoms with Gasteiger partial charge in [0.1, 0.15) is 16.1 Å². The van der Waals surface area contributed by atoms with Crippen molar-refractivity contribution in [3.63, 3.8) is 0 Å². The smallest absolute Gasteiger partial charge is 0.352 e. The Balaban J connectivity index is 0.000000556. The Morgan fingerprint density at radius 3 is 1.85 bits per heavy atom. The molecule has 0 aliphatic rings. The van der Waals surface area contributed by atoms with E-state index < -0.39 is 29.1 Å². The van der Waals surface area contributed by atoms with Crippen molar-refractivity contribution >= 4 is 46.6 Å². The number of nitrogens with two attached hydrogens (primary N) is 2. The summed E-state index contributed by atoms with van der Waals surface area (Å²) in [5.74, 6) is -2.16. The van der Waals surface area contributed by atoms with Gasteiger partial charge in [-0.25, -0.2) is 9.59 Å². The van der Waals surface area contributed by atoms with Crippen LogP contribution in [-0.4, -0.2) is 53.3 Å². The largest absolute Gasteiger partial charge is 0.480 e. The fourth-order valence-corrected chi connectivity index (χ4v) is 2.93. The maximum absolute atomic E-state index is 11.8. The maximum atomic E-state index is 11.8. The molecule has 5 N–H and O–H groups in total. The van der Waals surface area contributed by atoms with Crippen LogP contribution in [0, 0.1) is 6.07 Å². The quantitative estimate of drug-likeness (QED) is 0.503. The molecule has 0 fully saturated rings. The zero-order valence-corrected chi connectivity index (χ0v) is 21.6. The third kappa shape index (κ3) is 14.4. The Hall–Kier alpha value is -2.80. The van der Waals surface area contributed by atoms with Gasteiger partial charge in [0.15, 0.2) is 10.6 Å². The highest BCUT2D eigenvalue weighted by atomic mass is 32.1. The van der Waals surface area contributed by atoms with Crippen molar-refractivity contribution in [1.29, 1.82) is 0 Å². The molecule has 12 heteroatoms. The van der Waals surface area contributed by atoms with Crippen LogP contribution >= 0.6 is 22.7 Å². The summed E-state index contributed by atoms with van der Waals surface area (Å²) in [5, 5.41) is 11.1. The molecule has 0 amide bonds. The van der Waals surface area contributed by atoms with Crippen molar-refractivity contribution in [3.8, 4) is 5.75 Å². The highest BCUT2D eigenvalue weighted by molar-refractivity contribution is 7.12. The lowest BCUT2D eigenvalue weighted by Gasteiger charge is -2.19. The Labute approximate surface area is 206 Å². The van der Waals surface area contributed by atoms with E-state index in [4.69, 9.17) is 25.1 Å². The van der Waals surface area contributed by atoms with Crippen molar-refractivity contribution < 1.29 is 38.5 Å². The van der Waals surface area contributed by atoms with Crippen LogP contribution in [0.2, 0.25) is 0 Å². The van der Waals surface area contributed by atoms with Crippen molar-refractivity contribution in [3.05, 3.63) is 38.7 Å². The molecule has 0 bridgehead atoms. The maximum Gasteiger partial charge on any atom is 0.352 e. The van der Waals surface area contributed by atoms with E-state index >= 15 is 0 Å². The predicted octanol–water partition coefficient (Wildman–Crippen LogP) is 3.10. The van der Waals surface area contributed by atoms with Crippen molar-refractivity contribution in [2.75, 3.05) is 13.1 Å². The molecule has 0 aromatic carbocycles. The highest BCUT2D eigenvalue weighted by Crippen LogP contribution is 2.27. The minimum atomic E-state index is -0.968. The van der Waals surface area contributed by atoms with Crippen LogP contribution in [-0.2, 0) is 19.1 Å². The number of carbonyl (C=O) groups excluding carboxylic acids is 3. The summed E-state index contributed by atoms with van der Waals surface area (Å²) < 4.78 is 15.2. The minimum Gasteiger partial charge on any atom is -0.480 e. The molecule has 0 unspecified atom stereocenters. The first kappa shape index (κ1) is 31.2. The molecule has 0 spiro atoms. The molecular formula is C22H31N2O8S2. The topological polar surface area (TPSA) is 168 Å². The second-order valence-corrected chi connectivity index (χ2v) is 10.1. The van der Waals surface area contributed by atoms with Crippen molar-refractivity contribution in [1.82, 2.24) is 0 Å². The van der Waals surface area contributed by atoms with Gasteiger partial charge in [-0.1, -0.05) is 0 Å². The number of hydrogen-bond donors (Lipinski definition) is 3. The molecule has 2 aromatic rings. The van der Waals surface area contributed by atoms with E-state index in [0.717, 1.165) is 11.3 Å². The lowest BCUT2D eigenvalue weighted by Crippen LogP contribution is -2.24. The fraction of sp³-hybridized carbons (Fsp3) is 0.455. The fourth-order valence-electron chi connectivity index (χ4n) is 1.69. The number of aliphatic carboxylic acids is 1. The van der Waals surface area contributed by atoms with E-state index in [9.17, 15) is 19.2 Å². The third-order valence-corrected chi connectivity index (χ3v) is 4.50. The summed E-state index contributed by atoms with van der Waals surface area (Å²) >= 11 is 2.50. The second-order valence-electron chi connectivity index (χ2n) is 8.29. The van der Waals surface area contributed by atoms with Gasteiger partial charge < -0.3 is 30.8 Å². The van der Waals surface area contributed by atoms with Gasteiger partial charge in [0.2, 0.25) is 0 Å². The van der Waals surface area contributed by atoms with Crippen molar-refractivity contribution in [2.24, 2.45) is 11.5 Å². The van der Waals surface area contributed by atoms with Gasteiger partial charge >= 0.3 is 23.9 Å². The Morgan fingerprint density at radius 1 is 0.912 bits per heavy atom. The van der Waals surface area contributed by atoms with Crippen LogP contribution in [0.5, 0.6) is 5.75 Å². The number of carboxylic acids is 1. The lowest BCUT2D eigenvalue weighted by atomic mass is 10.2. The Kier molecular flexibility index (Phi) is 13.3. The van der Waals surface area contributed by atoms with Gasteiger partial charge in [-0.15, -0.1) is 22.7 Å². The number of esters is 3. The molecule has 1 radical (unpaired) electrons. The Morgan fingerprint density at radius 2 is 1.44 bits per heavy atom. The third-order valence-electron chi connectivity index (χ3n) is 2.83. The van der Waals surface area contributed by atoms with Crippen molar-refractivity contribution in [2.45, 2.75) is 52.7 Å². The molecule has 2 heterocycles. The molecule has 2 rings (SSSR count). The van der Waals surface area contributed by atoms with Crippen LogP contribution in [0.1, 0.15) is 60.9 Å². The molecule has 0 aliphatic carbocycles. The monoisotopic (exact) mass is 515 g/mol. The van der Waals surface area contributed by atoms with Crippen LogP contribution in [0.3, 0.4) is 0 Å². The summed E-state index contributed by atoms with van der Waals surface area (Å²) in [6, 6.07) is 6.05. The Bertz CT molecular complexity index is 926. The first-order valence-corrected chi connectivity index (χ1v) is 11.7. The molecule has 10 nitrogen and oxygen atoms in total. The summed E-state index contributed by atoms with van der Waals surface area (Å²) in [4.78, 5) is 44.1. The minimum absolute atomic E-state index is 0.194. The van der Waals surface area contributed by atoms with Gasteiger partial charge in [-0.3, -0.25) is 9.59 Å².